The highest BCUT2D eigenvalue weighted by molar-refractivity contribution is 7.14. The van der Waals surface area contributed by atoms with Crippen LogP contribution in [-0.2, 0) is 6.54 Å². The van der Waals surface area contributed by atoms with Crippen LogP contribution in [0.25, 0.3) is 10.6 Å². The van der Waals surface area contributed by atoms with Crippen LogP contribution >= 0.6 is 22.7 Å². The zero-order valence-corrected chi connectivity index (χ0v) is 13.3. The molecule has 2 aromatic rings. The summed E-state index contributed by atoms with van der Waals surface area (Å²) in [6, 6.07) is 2.12. The molecule has 1 fully saturated rings. The van der Waals surface area contributed by atoms with Crippen molar-refractivity contribution in [1.29, 1.82) is 0 Å². The fraction of sp³-hybridized carbons (Fsp3) is 0.533. The van der Waals surface area contributed by atoms with Crippen molar-refractivity contribution in [1.82, 2.24) is 9.88 Å². The Balaban J connectivity index is 1.63. The third-order valence-corrected chi connectivity index (χ3v) is 5.55. The van der Waals surface area contributed by atoms with E-state index in [-0.39, 0.29) is 6.10 Å². The topological polar surface area (TPSA) is 36.4 Å². The molecule has 20 heavy (non-hydrogen) atoms. The van der Waals surface area contributed by atoms with Crippen LogP contribution in [0.2, 0.25) is 0 Å². The lowest BCUT2D eigenvalue weighted by Crippen LogP contribution is -2.39. The summed E-state index contributed by atoms with van der Waals surface area (Å²) in [5.74, 6) is 0.415. The number of aromatic nitrogens is 1. The number of hydrogen-bond acceptors (Lipinski definition) is 5. The maximum Gasteiger partial charge on any atom is 0.124 e. The summed E-state index contributed by atoms with van der Waals surface area (Å²) in [5, 5.41) is 17.3. The Labute approximate surface area is 127 Å². The molecular formula is C15H20N2OS2. The van der Waals surface area contributed by atoms with E-state index < -0.39 is 0 Å². The second kappa shape index (κ2) is 6.35. The van der Waals surface area contributed by atoms with Crippen LogP contribution in [0.3, 0.4) is 0 Å². The van der Waals surface area contributed by atoms with Gasteiger partial charge >= 0.3 is 0 Å². The van der Waals surface area contributed by atoms with Crippen LogP contribution in [0.1, 0.15) is 25.5 Å². The fourth-order valence-electron chi connectivity index (χ4n) is 2.76. The number of thiophene rings is 1. The van der Waals surface area contributed by atoms with Gasteiger partial charge in [-0.05, 0) is 43.7 Å². The smallest absolute Gasteiger partial charge is 0.124 e. The number of aliphatic hydroxyl groups excluding tert-OH is 1. The summed E-state index contributed by atoms with van der Waals surface area (Å²) in [6.45, 7) is 4.92. The molecule has 2 atom stereocenters. The molecule has 5 heteroatoms. The zero-order chi connectivity index (χ0) is 13.9. The number of aliphatic hydroxyl groups is 1. The molecule has 3 nitrogen and oxygen atoms in total. The monoisotopic (exact) mass is 308 g/mol. The van der Waals surface area contributed by atoms with E-state index >= 15 is 0 Å². The number of likely N-dealkylation sites (tertiary alicyclic amines) is 1. The summed E-state index contributed by atoms with van der Waals surface area (Å²) in [4.78, 5) is 7.16. The van der Waals surface area contributed by atoms with Crippen LogP contribution in [-0.4, -0.2) is 34.2 Å². The van der Waals surface area contributed by atoms with Gasteiger partial charge in [-0.3, -0.25) is 4.90 Å². The standard InChI is InChI=1S/C15H20N2OS2/c1-11(18)12-3-2-5-17(7-12)8-14-10-20-15(16-14)13-4-6-19-9-13/h4,6,9-12,18H,2-3,5,7-8H2,1H3. The molecule has 0 saturated carbocycles. The van der Waals surface area contributed by atoms with E-state index in [0.717, 1.165) is 36.8 Å². The molecule has 0 aromatic carbocycles. The number of thiazole rings is 1. The van der Waals surface area contributed by atoms with E-state index in [9.17, 15) is 5.11 Å². The van der Waals surface area contributed by atoms with E-state index in [1.807, 2.05) is 6.92 Å². The summed E-state index contributed by atoms with van der Waals surface area (Å²) < 4.78 is 0. The molecule has 0 amide bonds. The highest BCUT2D eigenvalue weighted by Crippen LogP contribution is 2.27. The van der Waals surface area contributed by atoms with Gasteiger partial charge < -0.3 is 5.11 Å². The molecule has 0 bridgehead atoms. The minimum absolute atomic E-state index is 0.199. The van der Waals surface area contributed by atoms with Crippen LogP contribution in [0.4, 0.5) is 0 Å². The van der Waals surface area contributed by atoms with Gasteiger partial charge in [-0.2, -0.15) is 11.3 Å². The molecule has 2 aromatic heterocycles. The average Bonchev–Trinajstić information content (AvgIpc) is 3.09. The van der Waals surface area contributed by atoms with Gasteiger partial charge in [-0.25, -0.2) is 4.98 Å². The van der Waals surface area contributed by atoms with Crippen molar-refractivity contribution < 1.29 is 5.11 Å². The van der Waals surface area contributed by atoms with Crippen LogP contribution < -0.4 is 0 Å². The summed E-state index contributed by atoms with van der Waals surface area (Å²) >= 11 is 3.43. The molecule has 3 heterocycles. The molecule has 0 radical (unpaired) electrons. The second-order valence-corrected chi connectivity index (χ2v) is 7.17. The van der Waals surface area contributed by atoms with Gasteiger partial charge in [0.05, 0.1) is 11.8 Å². The minimum Gasteiger partial charge on any atom is -0.393 e. The van der Waals surface area contributed by atoms with Gasteiger partial charge in [-0.15, -0.1) is 11.3 Å². The van der Waals surface area contributed by atoms with Gasteiger partial charge in [0.1, 0.15) is 5.01 Å². The van der Waals surface area contributed by atoms with Crippen LogP contribution in [0.5, 0.6) is 0 Å². The van der Waals surface area contributed by atoms with Crippen molar-refractivity contribution in [3.8, 4) is 10.6 Å². The first-order valence-electron chi connectivity index (χ1n) is 7.10. The summed E-state index contributed by atoms with van der Waals surface area (Å²) in [5.41, 5.74) is 2.38. The number of rotatable bonds is 4. The van der Waals surface area contributed by atoms with E-state index in [4.69, 9.17) is 4.98 Å². The molecule has 0 aliphatic carbocycles. The average molecular weight is 308 g/mol. The third kappa shape index (κ3) is 3.28. The summed E-state index contributed by atoms with van der Waals surface area (Å²) in [6.07, 6.45) is 2.12. The Morgan fingerprint density at radius 2 is 2.40 bits per heavy atom. The molecule has 2 unspecified atom stereocenters. The Morgan fingerprint density at radius 1 is 1.50 bits per heavy atom. The minimum atomic E-state index is -0.199. The molecule has 1 saturated heterocycles. The SMILES string of the molecule is CC(O)C1CCCN(Cc2csc(-c3ccsc3)n2)C1. The van der Waals surface area contributed by atoms with Gasteiger partial charge in [0.2, 0.25) is 0 Å². The van der Waals surface area contributed by atoms with Gasteiger partial charge in [-0.1, -0.05) is 0 Å². The predicted molar refractivity (Wildman–Crippen MR) is 85.1 cm³/mol. The van der Waals surface area contributed by atoms with Crippen molar-refractivity contribution in [3.63, 3.8) is 0 Å². The molecular weight excluding hydrogens is 288 g/mol. The lowest BCUT2D eigenvalue weighted by atomic mass is 9.93. The lowest BCUT2D eigenvalue weighted by Gasteiger charge is -2.33. The molecule has 1 aliphatic rings. The Morgan fingerprint density at radius 3 is 3.15 bits per heavy atom. The predicted octanol–water partition coefficient (Wildman–Crippen LogP) is 3.46. The Hall–Kier alpha value is -0.750. The molecule has 108 valence electrons. The van der Waals surface area contributed by atoms with Gasteiger partial charge in [0.25, 0.3) is 0 Å². The Kier molecular flexibility index (Phi) is 4.51. The largest absolute Gasteiger partial charge is 0.393 e. The van der Waals surface area contributed by atoms with Crippen molar-refractivity contribution in [2.75, 3.05) is 13.1 Å². The number of piperidine rings is 1. The molecule has 1 aliphatic heterocycles. The highest BCUT2D eigenvalue weighted by atomic mass is 32.1. The molecule has 0 spiro atoms. The van der Waals surface area contributed by atoms with E-state index in [1.54, 1.807) is 22.7 Å². The van der Waals surface area contributed by atoms with Gasteiger partial charge in [0, 0.05) is 29.4 Å². The Bertz CT molecular complexity index is 536. The van der Waals surface area contributed by atoms with Crippen molar-refractivity contribution in [3.05, 3.63) is 27.9 Å². The van der Waals surface area contributed by atoms with Crippen molar-refractivity contribution in [2.24, 2.45) is 5.92 Å². The van der Waals surface area contributed by atoms with Crippen molar-refractivity contribution >= 4 is 22.7 Å². The van der Waals surface area contributed by atoms with E-state index in [1.165, 1.54) is 12.0 Å². The van der Waals surface area contributed by atoms with Gasteiger partial charge in [0.15, 0.2) is 0 Å². The summed E-state index contributed by atoms with van der Waals surface area (Å²) in [7, 11) is 0. The first-order valence-corrected chi connectivity index (χ1v) is 8.92. The first kappa shape index (κ1) is 14.2. The van der Waals surface area contributed by atoms with Crippen LogP contribution in [0, 0.1) is 5.92 Å². The van der Waals surface area contributed by atoms with E-state index in [2.05, 4.69) is 27.1 Å². The maximum absolute atomic E-state index is 9.75. The van der Waals surface area contributed by atoms with Crippen molar-refractivity contribution in [2.45, 2.75) is 32.4 Å². The fourth-order valence-corrected chi connectivity index (χ4v) is 4.28. The quantitative estimate of drug-likeness (QED) is 0.939. The zero-order valence-electron chi connectivity index (χ0n) is 11.7. The second-order valence-electron chi connectivity index (χ2n) is 5.53. The van der Waals surface area contributed by atoms with E-state index in [0.29, 0.717) is 5.92 Å². The number of hydrogen-bond donors (Lipinski definition) is 1. The number of nitrogens with zero attached hydrogens (tertiary/aromatic N) is 2. The maximum atomic E-state index is 9.75. The first-order chi connectivity index (χ1) is 9.72. The lowest BCUT2D eigenvalue weighted by molar-refractivity contribution is 0.0595. The molecule has 1 N–H and O–H groups in total. The third-order valence-electron chi connectivity index (χ3n) is 3.93. The normalized spacial score (nSPS) is 22.0. The highest BCUT2D eigenvalue weighted by Gasteiger charge is 2.23. The van der Waals surface area contributed by atoms with Crippen LogP contribution in [0.15, 0.2) is 22.2 Å². The molecule has 3 rings (SSSR count).